The number of hydrogen-bond acceptors (Lipinski definition) is 5. The monoisotopic (exact) mass is 253 g/mol. The Morgan fingerprint density at radius 3 is 2.89 bits per heavy atom. The second-order valence-corrected chi connectivity index (χ2v) is 5.07. The second kappa shape index (κ2) is 4.56. The minimum atomic E-state index is -0.285. The SMILES string of the molecule is CCOC1CC(NC(=O)c2nc(N)n[nH]2)C1(C)C. The van der Waals surface area contributed by atoms with Crippen LogP contribution in [0.2, 0.25) is 0 Å². The van der Waals surface area contributed by atoms with Crippen LogP contribution in [-0.4, -0.2) is 39.8 Å². The summed E-state index contributed by atoms with van der Waals surface area (Å²) in [4.78, 5) is 15.7. The number of rotatable bonds is 4. The fraction of sp³-hybridized carbons (Fsp3) is 0.727. The molecule has 1 aliphatic rings. The van der Waals surface area contributed by atoms with Crippen molar-refractivity contribution in [3.63, 3.8) is 0 Å². The Morgan fingerprint density at radius 1 is 1.67 bits per heavy atom. The lowest BCUT2D eigenvalue weighted by atomic mass is 9.64. The van der Waals surface area contributed by atoms with E-state index < -0.39 is 0 Å². The number of nitrogens with zero attached hydrogens (tertiary/aromatic N) is 2. The number of carbonyl (C=O) groups is 1. The number of H-pyrrole nitrogens is 1. The lowest BCUT2D eigenvalue weighted by molar-refractivity contribution is -0.111. The maximum Gasteiger partial charge on any atom is 0.288 e. The van der Waals surface area contributed by atoms with E-state index in [9.17, 15) is 4.79 Å². The predicted molar refractivity (Wildman–Crippen MR) is 65.9 cm³/mol. The topological polar surface area (TPSA) is 106 Å². The molecule has 100 valence electrons. The van der Waals surface area contributed by atoms with Gasteiger partial charge in [0.2, 0.25) is 11.8 Å². The number of nitrogens with one attached hydrogen (secondary N) is 2. The molecule has 7 heteroatoms. The van der Waals surface area contributed by atoms with E-state index in [0.717, 1.165) is 6.42 Å². The van der Waals surface area contributed by atoms with Crippen molar-refractivity contribution >= 4 is 11.9 Å². The molecular formula is C11H19N5O2. The summed E-state index contributed by atoms with van der Waals surface area (Å²) in [6.07, 6.45) is 1.00. The first kappa shape index (κ1) is 12.8. The first-order chi connectivity index (χ1) is 8.45. The van der Waals surface area contributed by atoms with Crippen molar-refractivity contribution in [1.82, 2.24) is 20.5 Å². The van der Waals surface area contributed by atoms with Crippen molar-refractivity contribution in [2.24, 2.45) is 5.41 Å². The van der Waals surface area contributed by atoms with Crippen LogP contribution in [0.3, 0.4) is 0 Å². The van der Waals surface area contributed by atoms with E-state index in [4.69, 9.17) is 10.5 Å². The van der Waals surface area contributed by atoms with Crippen molar-refractivity contribution in [1.29, 1.82) is 0 Å². The highest BCUT2D eigenvalue weighted by atomic mass is 16.5. The molecule has 1 aromatic rings. The third-order valence-electron chi connectivity index (χ3n) is 3.57. The minimum Gasteiger partial charge on any atom is -0.378 e. The van der Waals surface area contributed by atoms with Gasteiger partial charge in [-0.3, -0.25) is 9.89 Å². The first-order valence-electron chi connectivity index (χ1n) is 6.05. The van der Waals surface area contributed by atoms with Crippen LogP contribution in [-0.2, 0) is 4.74 Å². The molecule has 18 heavy (non-hydrogen) atoms. The highest BCUT2D eigenvalue weighted by molar-refractivity contribution is 5.90. The van der Waals surface area contributed by atoms with Gasteiger partial charge >= 0.3 is 0 Å². The Morgan fingerprint density at radius 2 is 2.39 bits per heavy atom. The summed E-state index contributed by atoms with van der Waals surface area (Å²) >= 11 is 0. The first-order valence-corrected chi connectivity index (χ1v) is 6.05. The summed E-state index contributed by atoms with van der Waals surface area (Å²) in [6.45, 7) is 6.82. The molecule has 0 radical (unpaired) electrons. The Kier molecular flexibility index (Phi) is 3.25. The zero-order valence-electron chi connectivity index (χ0n) is 10.9. The van der Waals surface area contributed by atoms with Gasteiger partial charge < -0.3 is 15.8 Å². The Balaban J connectivity index is 1.94. The molecule has 2 rings (SSSR count). The van der Waals surface area contributed by atoms with E-state index in [2.05, 4.69) is 34.3 Å². The molecule has 7 nitrogen and oxygen atoms in total. The fourth-order valence-corrected chi connectivity index (χ4v) is 2.22. The third kappa shape index (κ3) is 2.17. The summed E-state index contributed by atoms with van der Waals surface area (Å²) in [5.41, 5.74) is 5.28. The molecule has 1 saturated carbocycles. The van der Waals surface area contributed by atoms with Gasteiger partial charge in [-0.05, 0) is 13.3 Å². The highest BCUT2D eigenvalue weighted by Crippen LogP contribution is 2.42. The van der Waals surface area contributed by atoms with Crippen LogP contribution < -0.4 is 11.1 Å². The number of aromatic nitrogens is 3. The van der Waals surface area contributed by atoms with E-state index >= 15 is 0 Å². The van der Waals surface area contributed by atoms with Gasteiger partial charge in [-0.15, -0.1) is 5.10 Å². The van der Waals surface area contributed by atoms with Crippen molar-refractivity contribution in [2.45, 2.75) is 39.3 Å². The van der Waals surface area contributed by atoms with E-state index in [1.54, 1.807) is 0 Å². The van der Waals surface area contributed by atoms with E-state index in [-0.39, 0.29) is 35.2 Å². The van der Waals surface area contributed by atoms with Gasteiger partial charge in [-0.2, -0.15) is 4.98 Å². The standard InChI is InChI=1S/C11H19N5O2/c1-4-18-7-5-6(11(7,2)3)13-9(17)8-14-10(12)16-15-8/h6-7H,4-5H2,1-3H3,(H,13,17)(H3,12,14,15,16). The number of ether oxygens (including phenoxy) is 1. The van der Waals surface area contributed by atoms with Crippen molar-refractivity contribution < 1.29 is 9.53 Å². The summed E-state index contributed by atoms with van der Waals surface area (Å²) < 4.78 is 5.61. The molecule has 1 amide bonds. The number of aromatic amines is 1. The molecule has 0 bridgehead atoms. The number of nitrogens with two attached hydrogens (primary N) is 1. The molecule has 0 spiro atoms. The molecular weight excluding hydrogens is 234 g/mol. The Bertz CT molecular complexity index is 442. The average molecular weight is 253 g/mol. The van der Waals surface area contributed by atoms with Gasteiger partial charge in [-0.25, -0.2) is 0 Å². The van der Waals surface area contributed by atoms with Crippen LogP contribution in [0.5, 0.6) is 0 Å². The van der Waals surface area contributed by atoms with Gasteiger partial charge in [0.25, 0.3) is 5.91 Å². The van der Waals surface area contributed by atoms with Crippen LogP contribution >= 0.6 is 0 Å². The van der Waals surface area contributed by atoms with Crippen LogP contribution in [0, 0.1) is 5.41 Å². The maximum absolute atomic E-state index is 11.9. The van der Waals surface area contributed by atoms with Crippen molar-refractivity contribution in [2.75, 3.05) is 12.3 Å². The van der Waals surface area contributed by atoms with Crippen LogP contribution in [0.25, 0.3) is 0 Å². The van der Waals surface area contributed by atoms with Crippen molar-refractivity contribution in [3.05, 3.63) is 5.82 Å². The second-order valence-electron chi connectivity index (χ2n) is 5.07. The Hall–Kier alpha value is -1.63. The maximum atomic E-state index is 11.9. The minimum absolute atomic E-state index is 0.0696. The van der Waals surface area contributed by atoms with E-state index in [0.29, 0.717) is 6.61 Å². The number of anilines is 1. The van der Waals surface area contributed by atoms with Gasteiger partial charge in [0.05, 0.1) is 6.10 Å². The summed E-state index contributed by atoms with van der Waals surface area (Å²) in [7, 11) is 0. The molecule has 1 aliphatic carbocycles. The smallest absolute Gasteiger partial charge is 0.288 e. The van der Waals surface area contributed by atoms with Crippen LogP contribution in [0.15, 0.2) is 0 Å². The number of carbonyl (C=O) groups excluding carboxylic acids is 1. The lowest BCUT2D eigenvalue weighted by Crippen LogP contribution is -2.62. The summed E-state index contributed by atoms with van der Waals surface area (Å²) in [5.74, 6) is -0.0735. The molecule has 2 atom stereocenters. The largest absolute Gasteiger partial charge is 0.378 e. The normalized spacial score (nSPS) is 25.5. The Labute approximate surface area is 105 Å². The van der Waals surface area contributed by atoms with E-state index in [1.165, 1.54) is 0 Å². The number of hydrogen-bond donors (Lipinski definition) is 3. The highest BCUT2D eigenvalue weighted by Gasteiger charge is 2.49. The number of amides is 1. The van der Waals surface area contributed by atoms with Crippen molar-refractivity contribution in [3.8, 4) is 0 Å². The molecule has 0 aliphatic heterocycles. The zero-order chi connectivity index (χ0) is 13.3. The third-order valence-corrected chi connectivity index (χ3v) is 3.57. The fourth-order valence-electron chi connectivity index (χ4n) is 2.22. The lowest BCUT2D eigenvalue weighted by Gasteiger charge is -2.51. The van der Waals surface area contributed by atoms with Gasteiger partial charge in [0.1, 0.15) is 0 Å². The molecule has 1 heterocycles. The molecule has 4 N–H and O–H groups in total. The molecule has 1 aromatic heterocycles. The van der Waals surface area contributed by atoms with Gasteiger partial charge in [0.15, 0.2) is 0 Å². The summed E-state index contributed by atoms with van der Waals surface area (Å²) in [6, 6.07) is 0.0767. The quantitative estimate of drug-likeness (QED) is 0.716. The molecule has 0 saturated heterocycles. The number of nitrogen functional groups attached to an aromatic ring is 1. The van der Waals surface area contributed by atoms with Gasteiger partial charge in [-0.1, -0.05) is 13.8 Å². The van der Waals surface area contributed by atoms with Gasteiger partial charge in [0, 0.05) is 18.1 Å². The van der Waals surface area contributed by atoms with Crippen LogP contribution in [0.1, 0.15) is 37.8 Å². The van der Waals surface area contributed by atoms with Crippen LogP contribution in [0.4, 0.5) is 5.95 Å². The molecule has 1 fully saturated rings. The average Bonchev–Trinajstić information content (AvgIpc) is 2.74. The van der Waals surface area contributed by atoms with E-state index in [1.807, 2.05) is 6.92 Å². The predicted octanol–water partition coefficient (Wildman–Crippen LogP) is 0.320. The molecule has 0 aromatic carbocycles. The summed E-state index contributed by atoms with van der Waals surface area (Å²) in [5, 5.41) is 9.04. The zero-order valence-corrected chi connectivity index (χ0v) is 10.9. The molecule has 2 unspecified atom stereocenters.